The van der Waals surface area contributed by atoms with E-state index in [-0.39, 0.29) is 11.8 Å². The predicted octanol–water partition coefficient (Wildman–Crippen LogP) is 3.09. The zero-order chi connectivity index (χ0) is 18.2. The average Bonchev–Trinajstić information content (AvgIpc) is 2.65. The van der Waals surface area contributed by atoms with Gasteiger partial charge in [0.15, 0.2) is 0 Å². The van der Waals surface area contributed by atoms with Crippen molar-refractivity contribution in [3.05, 3.63) is 71.3 Å². The predicted molar refractivity (Wildman–Crippen MR) is 100 cm³/mol. The smallest absolute Gasteiger partial charge is 0.242 e. The summed E-state index contributed by atoms with van der Waals surface area (Å²) in [6.07, 6.45) is 1.06. The number of likely N-dealkylation sites (N-methyl/N-ethyl adjacent to an activating group) is 1. The van der Waals surface area contributed by atoms with Gasteiger partial charge in [-0.3, -0.25) is 9.59 Å². The van der Waals surface area contributed by atoms with Gasteiger partial charge in [0, 0.05) is 20.0 Å². The Morgan fingerprint density at radius 1 is 1.00 bits per heavy atom. The quantitative estimate of drug-likeness (QED) is 0.843. The second kappa shape index (κ2) is 9.02. The summed E-state index contributed by atoms with van der Waals surface area (Å²) in [5.74, 6) is -0.166. The molecule has 2 aromatic carbocycles. The Morgan fingerprint density at radius 3 is 2.24 bits per heavy atom. The second-order valence-corrected chi connectivity index (χ2v) is 6.28. The van der Waals surface area contributed by atoms with Gasteiger partial charge in [-0.05, 0) is 31.4 Å². The fraction of sp³-hybridized carbons (Fsp3) is 0.333. The van der Waals surface area contributed by atoms with Gasteiger partial charge in [0.1, 0.15) is 6.04 Å². The highest BCUT2D eigenvalue weighted by Gasteiger charge is 2.25. The minimum Gasteiger partial charge on any atom is -0.357 e. The van der Waals surface area contributed by atoms with Crippen LogP contribution < -0.4 is 5.32 Å². The van der Waals surface area contributed by atoms with E-state index in [1.54, 1.807) is 18.9 Å². The van der Waals surface area contributed by atoms with Crippen LogP contribution in [0.15, 0.2) is 54.6 Å². The van der Waals surface area contributed by atoms with E-state index >= 15 is 0 Å². The standard InChI is InChI=1S/C21H26N2O2/c1-16-9-11-19(12-10-16)15-23(17(2)21(25)22-3)20(24)14-13-18-7-5-4-6-8-18/h4-12,17H,13-15H2,1-3H3,(H,22,25)/t17-/m1/s1. The Morgan fingerprint density at radius 2 is 1.64 bits per heavy atom. The van der Waals surface area contributed by atoms with Crippen molar-refractivity contribution in [1.82, 2.24) is 10.2 Å². The molecular weight excluding hydrogens is 312 g/mol. The molecule has 0 aromatic heterocycles. The van der Waals surface area contributed by atoms with Crippen molar-refractivity contribution in [1.29, 1.82) is 0 Å². The normalized spacial score (nSPS) is 11.6. The first-order valence-electron chi connectivity index (χ1n) is 8.62. The summed E-state index contributed by atoms with van der Waals surface area (Å²) in [4.78, 5) is 26.5. The molecule has 132 valence electrons. The van der Waals surface area contributed by atoms with Crippen molar-refractivity contribution in [2.45, 2.75) is 39.3 Å². The molecule has 4 heteroatoms. The van der Waals surface area contributed by atoms with E-state index < -0.39 is 6.04 Å². The molecule has 0 unspecified atom stereocenters. The van der Waals surface area contributed by atoms with Gasteiger partial charge in [0.25, 0.3) is 0 Å². The van der Waals surface area contributed by atoms with E-state index in [0.717, 1.165) is 11.1 Å². The summed E-state index contributed by atoms with van der Waals surface area (Å²) in [5.41, 5.74) is 3.32. The first-order valence-corrected chi connectivity index (χ1v) is 8.62. The van der Waals surface area contributed by atoms with Crippen molar-refractivity contribution in [2.75, 3.05) is 7.05 Å². The zero-order valence-electron chi connectivity index (χ0n) is 15.2. The highest BCUT2D eigenvalue weighted by molar-refractivity contribution is 5.87. The molecule has 0 bridgehead atoms. The lowest BCUT2D eigenvalue weighted by molar-refractivity contribution is -0.140. The molecule has 4 nitrogen and oxygen atoms in total. The van der Waals surface area contributed by atoms with Crippen LogP contribution in [-0.4, -0.2) is 29.8 Å². The average molecular weight is 338 g/mol. The lowest BCUT2D eigenvalue weighted by Gasteiger charge is -2.28. The molecule has 1 atom stereocenters. The fourth-order valence-corrected chi connectivity index (χ4v) is 2.72. The van der Waals surface area contributed by atoms with Crippen LogP contribution >= 0.6 is 0 Å². The maximum atomic E-state index is 12.8. The van der Waals surface area contributed by atoms with Crippen molar-refractivity contribution < 1.29 is 9.59 Å². The summed E-state index contributed by atoms with van der Waals surface area (Å²) < 4.78 is 0. The third kappa shape index (κ3) is 5.45. The first-order chi connectivity index (χ1) is 12.0. The Balaban J connectivity index is 2.10. The van der Waals surface area contributed by atoms with E-state index in [1.165, 1.54) is 5.56 Å². The lowest BCUT2D eigenvalue weighted by Crippen LogP contribution is -2.46. The molecule has 2 amide bonds. The van der Waals surface area contributed by atoms with Crippen LogP contribution in [0.4, 0.5) is 0 Å². The molecular formula is C21H26N2O2. The van der Waals surface area contributed by atoms with Gasteiger partial charge in [-0.25, -0.2) is 0 Å². The van der Waals surface area contributed by atoms with Gasteiger partial charge in [-0.2, -0.15) is 0 Å². The number of hydrogen-bond donors (Lipinski definition) is 1. The number of nitrogens with zero attached hydrogens (tertiary/aromatic N) is 1. The summed E-state index contributed by atoms with van der Waals surface area (Å²) in [6.45, 7) is 4.23. The third-order valence-corrected chi connectivity index (χ3v) is 4.36. The van der Waals surface area contributed by atoms with Crippen LogP contribution in [-0.2, 0) is 22.6 Å². The van der Waals surface area contributed by atoms with Gasteiger partial charge in [-0.1, -0.05) is 60.2 Å². The summed E-state index contributed by atoms with van der Waals surface area (Å²) in [6, 6.07) is 17.5. The van der Waals surface area contributed by atoms with E-state index in [4.69, 9.17) is 0 Å². The maximum absolute atomic E-state index is 12.8. The van der Waals surface area contributed by atoms with Crippen LogP contribution in [0.1, 0.15) is 30.0 Å². The molecule has 0 radical (unpaired) electrons. The number of hydrogen-bond acceptors (Lipinski definition) is 2. The van der Waals surface area contributed by atoms with Crippen LogP contribution in [0, 0.1) is 6.92 Å². The molecule has 0 saturated heterocycles. The molecule has 25 heavy (non-hydrogen) atoms. The first kappa shape index (κ1) is 18.7. The summed E-state index contributed by atoms with van der Waals surface area (Å²) in [7, 11) is 1.59. The number of benzene rings is 2. The number of rotatable bonds is 7. The number of amides is 2. The highest BCUT2D eigenvalue weighted by Crippen LogP contribution is 2.13. The van der Waals surface area contributed by atoms with E-state index in [9.17, 15) is 9.59 Å². The molecule has 0 heterocycles. The lowest BCUT2D eigenvalue weighted by atomic mass is 10.1. The van der Waals surface area contributed by atoms with Gasteiger partial charge in [-0.15, -0.1) is 0 Å². The van der Waals surface area contributed by atoms with Crippen LogP contribution in [0.25, 0.3) is 0 Å². The third-order valence-electron chi connectivity index (χ3n) is 4.36. The Hall–Kier alpha value is -2.62. The molecule has 0 fully saturated rings. The minimum absolute atomic E-state index is 0.0134. The highest BCUT2D eigenvalue weighted by atomic mass is 16.2. The molecule has 0 spiro atoms. The minimum atomic E-state index is -0.505. The number of aryl methyl sites for hydroxylation is 2. The van der Waals surface area contributed by atoms with E-state index in [0.29, 0.717) is 19.4 Å². The summed E-state index contributed by atoms with van der Waals surface area (Å²) in [5, 5.41) is 2.64. The molecule has 2 aromatic rings. The molecule has 0 saturated carbocycles. The van der Waals surface area contributed by atoms with Crippen molar-refractivity contribution in [3.8, 4) is 0 Å². The Kier molecular flexibility index (Phi) is 6.75. The maximum Gasteiger partial charge on any atom is 0.242 e. The zero-order valence-corrected chi connectivity index (χ0v) is 15.2. The van der Waals surface area contributed by atoms with Crippen LogP contribution in [0.2, 0.25) is 0 Å². The molecule has 0 aliphatic heterocycles. The topological polar surface area (TPSA) is 49.4 Å². The number of carbonyl (C=O) groups is 2. The SMILES string of the molecule is CNC(=O)[C@@H](C)N(Cc1ccc(C)cc1)C(=O)CCc1ccccc1. The fourth-order valence-electron chi connectivity index (χ4n) is 2.72. The van der Waals surface area contributed by atoms with Gasteiger partial charge in [0.2, 0.25) is 11.8 Å². The van der Waals surface area contributed by atoms with E-state index in [1.807, 2.05) is 61.5 Å². The molecule has 1 N–H and O–H groups in total. The van der Waals surface area contributed by atoms with Crippen LogP contribution in [0.5, 0.6) is 0 Å². The van der Waals surface area contributed by atoms with Crippen molar-refractivity contribution in [2.24, 2.45) is 0 Å². The van der Waals surface area contributed by atoms with Crippen molar-refractivity contribution in [3.63, 3.8) is 0 Å². The van der Waals surface area contributed by atoms with Crippen molar-refractivity contribution >= 4 is 11.8 Å². The summed E-state index contributed by atoms with van der Waals surface area (Å²) >= 11 is 0. The van der Waals surface area contributed by atoms with Crippen LogP contribution in [0.3, 0.4) is 0 Å². The molecule has 2 rings (SSSR count). The number of carbonyl (C=O) groups excluding carboxylic acids is 2. The second-order valence-electron chi connectivity index (χ2n) is 6.28. The largest absolute Gasteiger partial charge is 0.357 e. The van der Waals surface area contributed by atoms with Gasteiger partial charge >= 0.3 is 0 Å². The monoisotopic (exact) mass is 338 g/mol. The molecule has 0 aliphatic carbocycles. The van der Waals surface area contributed by atoms with Gasteiger partial charge < -0.3 is 10.2 Å². The Bertz CT molecular complexity index is 696. The Labute approximate surface area is 149 Å². The molecule has 0 aliphatic rings. The van der Waals surface area contributed by atoms with Gasteiger partial charge in [0.05, 0.1) is 0 Å². The van der Waals surface area contributed by atoms with E-state index in [2.05, 4.69) is 5.32 Å². The number of nitrogens with one attached hydrogen (secondary N) is 1.